The number of nitrogens with zero attached hydrogens (tertiary/aromatic N) is 1. The Kier molecular flexibility index (Phi) is 8.16. The van der Waals surface area contributed by atoms with E-state index in [9.17, 15) is 9.59 Å². The van der Waals surface area contributed by atoms with Gasteiger partial charge >= 0.3 is 12.1 Å². The SMILES string of the molecule is CCOCCCNC(=O)N1CCC[C@H](NC(=O)OC(C)(C)C)C1. The second-order valence-electron chi connectivity index (χ2n) is 6.71. The maximum atomic E-state index is 12.1. The van der Waals surface area contributed by atoms with Gasteiger partial charge in [0, 0.05) is 38.9 Å². The van der Waals surface area contributed by atoms with Crippen LogP contribution < -0.4 is 10.6 Å². The Morgan fingerprint density at radius 3 is 2.70 bits per heavy atom. The molecule has 23 heavy (non-hydrogen) atoms. The molecule has 0 saturated carbocycles. The van der Waals surface area contributed by atoms with E-state index in [-0.39, 0.29) is 12.1 Å². The van der Waals surface area contributed by atoms with Gasteiger partial charge in [-0.25, -0.2) is 9.59 Å². The van der Waals surface area contributed by atoms with Crippen LogP contribution in [0.5, 0.6) is 0 Å². The van der Waals surface area contributed by atoms with Crippen molar-refractivity contribution in [3.05, 3.63) is 0 Å². The second-order valence-corrected chi connectivity index (χ2v) is 6.71. The fourth-order valence-corrected chi connectivity index (χ4v) is 2.38. The summed E-state index contributed by atoms with van der Waals surface area (Å²) < 4.78 is 10.5. The van der Waals surface area contributed by atoms with Crippen molar-refractivity contribution in [3.63, 3.8) is 0 Å². The molecule has 1 saturated heterocycles. The molecule has 134 valence electrons. The fourth-order valence-electron chi connectivity index (χ4n) is 2.38. The van der Waals surface area contributed by atoms with Crippen LogP contribution in [0.15, 0.2) is 0 Å². The highest BCUT2D eigenvalue weighted by Gasteiger charge is 2.26. The van der Waals surface area contributed by atoms with Crippen LogP contribution in [0.3, 0.4) is 0 Å². The monoisotopic (exact) mass is 329 g/mol. The molecule has 1 fully saturated rings. The molecule has 0 aromatic heterocycles. The standard InChI is InChI=1S/C16H31N3O4/c1-5-22-11-7-9-17-14(20)19-10-6-8-13(12-19)18-15(21)23-16(2,3)4/h13H,5-12H2,1-4H3,(H,17,20)(H,18,21)/t13-/m0/s1. The molecule has 1 aliphatic heterocycles. The lowest BCUT2D eigenvalue weighted by Gasteiger charge is -2.33. The molecule has 0 aliphatic carbocycles. The highest BCUT2D eigenvalue weighted by molar-refractivity contribution is 5.74. The van der Waals surface area contributed by atoms with Crippen molar-refractivity contribution < 1.29 is 19.1 Å². The zero-order valence-electron chi connectivity index (χ0n) is 14.8. The molecule has 7 nitrogen and oxygen atoms in total. The Morgan fingerprint density at radius 2 is 2.04 bits per heavy atom. The molecule has 0 radical (unpaired) electrons. The lowest BCUT2D eigenvalue weighted by molar-refractivity contribution is 0.0479. The van der Waals surface area contributed by atoms with E-state index in [4.69, 9.17) is 9.47 Å². The van der Waals surface area contributed by atoms with Crippen molar-refractivity contribution in [3.8, 4) is 0 Å². The summed E-state index contributed by atoms with van der Waals surface area (Å²) in [4.78, 5) is 25.7. The molecule has 1 rings (SSSR count). The van der Waals surface area contributed by atoms with Gasteiger partial charge in [0.15, 0.2) is 0 Å². The molecule has 0 aromatic rings. The van der Waals surface area contributed by atoms with Gasteiger partial charge in [0.05, 0.1) is 0 Å². The van der Waals surface area contributed by atoms with E-state index < -0.39 is 11.7 Å². The molecule has 0 spiro atoms. The highest BCUT2D eigenvalue weighted by Crippen LogP contribution is 2.12. The molecule has 1 heterocycles. The van der Waals surface area contributed by atoms with E-state index in [1.807, 2.05) is 27.7 Å². The van der Waals surface area contributed by atoms with E-state index in [1.54, 1.807) is 4.90 Å². The number of likely N-dealkylation sites (tertiary alicyclic amines) is 1. The Hall–Kier alpha value is -1.50. The molecule has 1 atom stereocenters. The largest absolute Gasteiger partial charge is 0.444 e. The number of nitrogens with one attached hydrogen (secondary N) is 2. The lowest BCUT2D eigenvalue weighted by Crippen LogP contribution is -2.53. The summed E-state index contributed by atoms with van der Waals surface area (Å²) in [5.74, 6) is 0. The van der Waals surface area contributed by atoms with Gasteiger partial charge in [0.2, 0.25) is 0 Å². The molecule has 1 aliphatic rings. The summed E-state index contributed by atoms with van der Waals surface area (Å²) in [6.07, 6.45) is 2.09. The predicted molar refractivity (Wildman–Crippen MR) is 88.5 cm³/mol. The quantitative estimate of drug-likeness (QED) is 0.732. The van der Waals surface area contributed by atoms with Crippen LogP contribution in [0.25, 0.3) is 0 Å². The number of ether oxygens (including phenoxy) is 2. The van der Waals surface area contributed by atoms with Crippen LogP contribution in [0.4, 0.5) is 9.59 Å². The van der Waals surface area contributed by atoms with E-state index in [2.05, 4.69) is 10.6 Å². The number of alkyl carbamates (subject to hydrolysis) is 1. The first-order chi connectivity index (χ1) is 10.8. The van der Waals surface area contributed by atoms with Crippen molar-refractivity contribution in [2.24, 2.45) is 0 Å². The van der Waals surface area contributed by atoms with Crippen LogP contribution >= 0.6 is 0 Å². The summed E-state index contributed by atoms with van der Waals surface area (Å²) in [7, 11) is 0. The summed E-state index contributed by atoms with van der Waals surface area (Å²) >= 11 is 0. The molecule has 0 unspecified atom stereocenters. The summed E-state index contributed by atoms with van der Waals surface area (Å²) in [6, 6.07) is -0.148. The fraction of sp³-hybridized carbons (Fsp3) is 0.875. The zero-order chi connectivity index (χ0) is 17.3. The topological polar surface area (TPSA) is 79.9 Å². The van der Waals surface area contributed by atoms with Gasteiger partial charge < -0.3 is 25.0 Å². The van der Waals surface area contributed by atoms with E-state index >= 15 is 0 Å². The lowest BCUT2D eigenvalue weighted by atomic mass is 10.1. The first kappa shape index (κ1) is 19.5. The van der Waals surface area contributed by atoms with E-state index in [1.165, 1.54) is 0 Å². The summed E-state index contributed by atoms with van der Waals surface area (Å²) in [5, 5.41) is 5.73. The van der Waals surface area contributed by atoms with Crippen LogP contribution in [-0.4, -0.2) is 61.5 Å². The van der Waals surface area contributed by atoms with E-state index in [0.29, 0.717) is 32.8 Å². The van der Waals surface area contributed by atoms with Gasteiger partial charge in [0.25, 0.3) is 0 Å². The van der Waals surface area contributed by atoms with Gasteiger partial charge in [-0.1, -0.05) is 0 Å². The molecule has 7 heteroatoms. The zero-order valence-corrected chi connectivity index (χ0v) is 14.8. The number of hydrogen-bond donors (Lipinski definition) is 2. The minimum atomic E-state index is -0.517. The first-order valence-corrected chi connectivity index (χ1v) is 8.42. The number of rotatable bonds is 6. The van der Waals surface area contributed by atoms with Gasteiger partial charge in [-0.2, -0.15) is 0 Å². The van der Waals surface area contributed by atoms with Crippen molar-refractivity contribution in [2.45, 2.75) is 58.6 Å². The minimum absolute atomic E-state index is 0.0622. The molecule has 0 aromatic carbocycles. The maximum absolute atomic E-state index is 12.1. The maximum Gasteiger partial charge on any atom is 0.407 e. The Balaban J connectivity index is 2.30. The van der Waals surface area contributed by atoms with Crippen molar-refractivity contribution in [2.75, 3.05) is 32.8 Å². The van der Waals surface area contributed by atoms with Gasteiger partial charge in [-0.3, -0.25) is 0 Å². The van der Waals surface area contributed by atoms with E-state index in [0.717, 1.165) is 19.3 Å². The molecular weight excluding hydrogens is 298 g/mol. The van der Waals surface area contributed by atoms with Crippen LogP contribution in [-0.2, 0) is 9.47 Å². The van der Waals surface area contributed by atoms with Crippen molar-refractivity contribution >= 4 is 12.1 Å². The Morgan fingerprint density at radius 1 is 1.30 bits per heavy atom. The summed E-state index contributed by atoms with van der Waals surface area (Å²) in [6.45, 7) is 10.6. The smallest absolute Gasteiger partial charge is 0.407 e. The van der Waals surface area contributed by atoms with Gasteiger partial charge in [-0.15, -0.1) is 0 Å². The van der Waals surface area contributed by atoms with Gasteiger partial charge in [-0.05, 0) is 47.0 Å². The van der Waals surface area contributed by atoms with Gasteiger partial charge in [0.1, 0.15) is 5.60 Å². The highest BCUT2D eigenvalue weighted by atomic mass is 16.6. The number of urea groups is 1. The molecule has 0 bridgehead atoms. The van der Waals surface area contributed by atoms with Crippen LogP contribution in [0.2, 0.25) is 0 Å². The van der Waals surface area contributed by atoms with Crippen LogP contribution in [0, 0.1) is 0 Å². The number of hydrogen-bond acceptors (Lipinski definition) is 4. The van der Waals surface area contributed by atoms with Crippen molar-refractivity contribution in [1.82, 2.24) is 15.5 Å². The number of carbonyl (C=O) groups excluding carboxylic acids is 2. The first-order valence-electron chi connectivity index (χ1n) is 8.42. The molecule has 2 N–H and O–H groups in total. The minimum Gasteiger partial charge on any atom is -0.444 e. The average Bonchev–Trinajstić information content (AvgIpc) is 2.45. The normalized spacial score (nSPS) is 18.4. The third kappa shape index (κ3) is 8.64. The molecule has 3 amide bonds. The van der Waals surface area contributed by atoms with Crippen molar-refractivity contribution in [1.29, 1.82) is 0 Å². The number of piperidine rings is 1. The molecular formula is C16H31N3O4. The second kappa shape index (κ2) is 9.60. The average molecular weight is 329 g/mol. The predicted octanol–water partition coefficient (Wildman–Crippen LogP) is 2.11. The third-order valence-electron chi connectivity index (χ3n) is 3.38. The number of amides is 3. The third-order valence-corrected chi connectivity index (χ3v) is 3.38. The Bertz CT molecular complexity index is 382. The summed E-state index contributed by atoms with van der Waals surface area (Å²) in [5.41, 5.74) is -0.517. The number of carbonyl (C=O) groups is 2. The van der Waals surface area contributed by atoms with Crippen LogP contribution in [0.1, 0.15) is 47.0 Å². The Labute approximate surface area is 139 Å².